The minimum absolute atomic E-state index is 0.311. The number of pyridine rings is 2. The van der Waals surface area contributed by atoms with E-state index >= 15 is 0 Å². The highest BCUT2D eigenvalue weighted by molar-refractivity contribution is 6.01. The smallest absolute Gasteiger partial charge is 0.181 e. The Hall–Kier alpha value is -4.60. The normalized spacial score (nSPS) is 15.9. The molecular formula is C36H36FN7O. The van der Waals surface area contributed by atoms with Gasteiger partial charge in [-0.15, -0.1) is 0 Å². The lowest BCUT2D eigenvalue weighted by atomic mass is 10.0. The highest BCUT2D eigenvalue weighted by atomic mass is 19.1. The highest BCUT2D eigenvalue weighted by Crippen LogP contribution is 2.36. The molecule has 0 atom stereocenters. The highest BCUT2D eigenvalue weighted by Gasteiger charge is 2.17. The van der Waals surface area contributed by atoms with E-state index in [2.05, 4.69) is 53.1 Å². The number of aromatic nitrogens is 5. The lowest BCUT2D eigenvalue weighted by Gasteiger charge is -2.15. The molecule has 228 valence electrons. The monoisotopic (exact) mass is 601 g/mol. The molecule has 2 aliphatic heterocycles. The summed E-state index contributed by atoms with van der Waals surface area (Å²) in [5.74, 6) is 0.239. The van der Waals surface area contributed by atoms with Gasteiger partial charge in [0.05, 0.1) is 11.4 Å². The van der Waals surface area contributed by atoms with Crippen molar-refractivity contribution in [3.8, 4) is 39.4 Å². The lowest BCUT2D eigenvalue weighted by Crippen LogP contribution is -2.25. The van der Waals surface area contributed by atoms with Gasteiger partial charge in [-0.05, 0) is 105 Å². The molecule has 2 fully saturated rings. The van der Waals surface area contributed by atoms with E-state index < -0.39 is 0 Å². The maximum absolute atomic E-state index is 14.8. The number of hydrogen-bond acceptors (Lipinski definition) is 6. The third-order valence-electron chi connectivity index (χ3n) is 9.13. The first-order chi connectivity index (χ1) is 22.2. The molecule has 8 rings (SSSR count). The van der Waals surface area contributed by atoms with Crippen molar-refractivity contribution in [3.05, 3.63) is 84.6 Å². The van der Waals surface area contributed by atoms with Crippen molar-refractivity contribution in [1.82, 2.24) is 34.9 Å². The number of fused-ring (bicyclic) bond motifs is 2. The quantitative estimate of drug-likeness (QED) is 0.185. The first kappa shape index (κ1) is 27.9. The zero-order valence-corrected chi connectivity index (χ0v) is 25.2. The van der Waals surface area contributed by atoms with Crippen molar-refractivity contribution in [2.75, 3.05) is 39.3 Å². The van der Waals surface area contributed by atoms with Crippen molar-refractivity contribution in [1.29, 1.82) is 0 Å². The molecule has 6 heterocycles. The molecular weight excluding hydrogens is 565 g/mol. The molecule has 4 aromatic heterocycles. The molecule has 45 heavy (non-hydrogen) atoms. The topological polar surface area (TPSA) is 86.0 Å². The van der Waals surface area contributed by atoms with Gasteiger partial charge in [0.2, 0.25) is 0 Å². The van der Waals surface area contributed by atoms with E-state index in [-0.39, 0.29) is 5.82 Å². The number of aromatic amines is 2. The van der Waals surface area contributed by atoms with Crippen LogP contribution in [0.2, 0.25) is 0 Å². The van der Waals surface area contributed by atoms with E-state index in [1.165, 1.54) is 37.3 Å². The summed E-state index contributed by atoms with van der Waals surface area (Å²) in [6.07, 6.45) is 10.7. The summed E-state index contributed by atoms with van der Waals surface area (Å²) in [4.78, 5) is 17.6. The minimum atomic E-state index is -0.311. The Bertz CT molecular complexity index is 1970. The molecule has 9 heteroatoms. The van der Waals surface area contributed by atoms with Gasteiger partial charge in [-0.25, -0.2) is 9.37 Å². The number of halogens is 1. The molecule has 2 aliphatic rings. The predicted molar refractivity (Wildman–Crippen MR) is 175 cm³/mol. The van der Waals surface area contributed by atoms with Gasteiger partial charge in [0.15, 0.2) is 5.65 Å². The standard InChI is InChI=1S/C36H36FN7O/c37-28-15-25(16-29(18-28)45-13-12-43-8-1-2-9-43)30-6-5-7-33-31(30)19-34(40-33)35-32-17-27(22-39-36(32)42-41-35)26-14-24(20-38-21-26)23-44-10-3-4-11-44/h5-7,14-22,40H,1-4,8-13,23H2,(H,39,41,42). The fourth-order valence-electron chi connectivity index (χ4n) is 6.84. The first-order valence-electron chi connectivity index (χ1n) is 16.0. The molecule has 0 amide bonds. The maximum Gasteiger partial charge on any atom is 0.181 e. The lowest BCUT2D eigenvalue weighted by molar-refractivity contribution is 0.237. The number of ether oxygens (including phenoxy) is 1. The predicted octanol–water partition coefficient (Wildman–Crippen LogP) is 7.04. The SMILES string of the molecule is Fc1cc(OCCN2CCCC2)cc(-c2cccc3[nH]c(-c4[nH]nc5ncc(-c6cncc(CN7CCCC7)c6)cc45)cc23)c1. The number of H-pyrrole nitrogens is 2. The summed E-state index contributed by atoms with van der Waals surface area (Å²) in [6.45, 7) is 6.84. The summed E-state index contributed by atoms with van der Waals surface area (Å²) in [7, 11) is 0. The van der Waals surface area contributed by atoms with Crippen LogP contribution in [0.3, 0.4) is 0 Å². The van der Waals surface area contributed by atoms with Gasteiger partial charge >= 0.3 is 0 Å². The number of likely N-dealkylation sites (tertiary alicyclic amines) is 2. The van der Waals surface area contributed by atoms with Crippen molar-refractivity contribution in [3.63, 3.8) is 0 Å². The second kappa shape index (κ2) is 12.1. The van der Waals surface area contributed by atoms with Crippen LogP contribution in [0.5, 0.6) is 5.75 Å². The van der Waals surface area contributed by atoms with Crippen LogP contribution in [0, 0.1) is 5.82 Å². The van der Waals surface area contributed by atoms with Gasteiger partial charge in [0.25, 0.3) is 0 Å². The fraction of sp³-hybridized carbons (Fsp3) is 0.306. The number of nitrogens with zero attached hydrogens (tertiary/aromatic N) is 5. The molecule has 2 saturated heterocycles. The Labute approximate surface area is 261 Å². The summed E-state index contributed by atoms with van der Waals surface area (Å²) in [5.41, 5.74) is 8.30. The zero-order chi connectivity index (χ0) is 30.2. The van der Waals surface area contributed by atoms with E-state index in [0.29, 0.717) is 18.0 Å². The third kappa shape index (κ3) is 5.81. The molecule has 6 aromatic rings. The van der Waals surface area contributed by atoms with E-state index in [0.717, 1.165) is 89.2 Å². The van der Waals surface area contributed by atoms with Crippen molar-refractivity contribution in [2.24, 2.45) is 0 Å². The zero-order valence-electron chi connectivity index (χ0n) is 25.2. The Balaban J connectivity index is 1.09. The van der Waals surface area contributed by atoms with Gasteiger partial charge in [0, 0.05) is 65.2 Å². The summed E-state index contributed by atoms with van der Waals surface area (Å²) < 4.78 is 20.8. The van der Waals surface area contributed by atoms with Crippen LogP contribution in [0.25, 0.3) is 55.6 Å². The van der Waals surface area contributed by atoms with Crippen molar-refractivity contribution in [2.45, 2.75) is 32.2 Å². The van der Waals surface area contributed by atoms with Gasteiger partial charge in [-0.3, -0.25) is 19.9 Å². The Morgan fingerprint density at radius 3 is 2.49 bits per heavy atom. The van der Waals surface area contributed by atoms with Gasteiger partial charge in [0.1, 0.15) is 18.2 Å². The second-order valence-corrected chi connectivity index (χ2v) is 12.3. The molecule has 0 spiro atoms. The molecule has 0 unspecified atom stereocenters. The van der Waals surface area contributed by atoms with E-state index in [1.807, 2.05) is 42.9 Å². The number of nitrogens with one attached hydrogen (secondary N) is 2. The number of rotatable bonds is 9. The van der Waals surface area contributed by atoms with Crippen molar-refractivity contribution >= 4 is 21.9 Å². The van der Waals surface area contributed by atoms with Gasteiger partial charge in [-0.2, -0.15) is 5.10 Å². The molecule has 0 radical (unpaired) electrons. The summed E-state index contributed by atoms with van der Waals surface area (Å²) in [6, 6.07) is 17.5. The number of hydrogen-bond donors (Lipinski definition) is 2. The maximum atomic E-state index is 14.8. The Morgan fingerprint density at radius 2 is 1.62 bits per heavy atom. The van der Waals surface area contributed by atoms with Gasteiger partial charge < -0.3 is 9.72 Å². The van der Waals surface area contributed by atoms with Gasteiger partial charge in [-0.1, -0.05) is 12.1 Å². The molecule has 0 saturated carbocycles. The minimum Gasteiger partial charge on any atom is -0.492 e. The van der Waals surface area contributed by atoms with Crippen LogP contribution in [0.4, 0.5) is 4.39 Å². The molecule has 0 aliphatic carbocycles. The van der Waals surface area contributed by atoms with Crippen molar-refractivity contribution < 1.29 is 9.13 Å². The van der Waals surface area contributed by atoms with Crippen LogP contribution in [0.15, 0.2) is 73.2 Å². The largest absolute Gasteiger partial charge is 0.492 e. The molecule has 2 aromatic carbocycles. The summed E-state index contributed by atoms with van der Waals surface area (Å²) in [5, 5.41) is 9.62. The molecule has 2 N–H and O–H groups in total. The van der Waals surface area contributed by atoms with Crippen LogP contribution < -0.4 is 4.74 Å². The Kier molecular flexibility index (Phi) is 7.48. The van der Waals surface area contributed by atoms with Crippen LogP contribution >= 0.6 is 0 Å². The average molecular weight is 602 g/mol. The Morgan fingerprint density at radius 1 is 0.800 bits per heavy atom. The third-order valence-corrected chi connectivity index (χ3v) is 9.13. The van der Waals surface area contributed by atoms with Crippen LogP contribution in [-0.2, 0) is 6.54 Å². The average Bonchev–Trinajstić information content (AvgIpc) is 3.88. The second-order valence-electron chi connectivity index (χ2n) is 12.3. The molecule has 8 nitrogen and oxygen atoms in total. The van der Waals surface area contributed by atoms with Crippen LogP contribution in [-0.4, -0.2) is 74.3 Å². The fourth-order valence-corrected chi connectivity index (χ4v) is 6.84. The van der Waals surface area contributed by atoms with Crippen LogP contribution in [0.1, 0.15) is 31.2 Å². The van der Waals surface area contributed by atoms with E-state index in [1.54, 1.807) is 6.07 Å². The summed E-state index contributed by atoms with van der Waals surface area (Å²) >= 11 is 0. The van der Waals surface area contributed by atoms with E-state index in [9.17, 15) is 4.39 Å². The number of benzene rings is 2. The first-order valence-corrected chi connectivity index (χ1v) is 16.0. The molecule has 0 bridgehead atoms. The van der Waals surface area contributed by atoms with E-state index in [4.69, 9.17) is 4.74 Å².